The van der Waals surface area contributed by atoms with Gasteiger partial charge in [0, 0.05) is 33.2 Å². The van der Waals surface area contributed by atoms with Gasteiger partial charge in [0.1, 0.15) is 11.2 Å². The van der Waals surface area contributed by atoms with E-state index in [4.69, 9.17) is 4.42 Å². The van der Waals surface area contributed by atoms with Crippen LogP contribution in [0.2, 0.25) is 0 Å². The normalized spacial score (nSPS) is 14.4. The second-order valence-corrected chi connectivity index (χ2v) is 15.3. The maximum absolute atomic E-state index is 6.32. The Labute approximate surface area is 315 Å². The lowest BCUT2D eigenvalue weighted by atomic mass is 9.67. The van der Waals surface area contributed by atoms with Gasteiger partial charge in [-0.05, 0) is 104 Å². The first kappa shape index (κ1) is 30.9. The summed E-state index contributed by atoms with van der Waals surface area (Å²) in [6.45, 7) is 4.69. The highest BCUT2D eigenvalue weighted by atomic mass is 16.3. The van der Waals surface area contributed by atoms with E-state index < -0.39 is 5.41 Å². The number of furan rings is 1. The smallest absolute Gasteiger partial charge is 0.135 e. The molecule has 0 saturated heterocycles. The van der Waals surface area contributed by atoms with Gasteiger partial charge in [0.2, 0.25) is 0 Å². The van der Waals surface area contributed by atoms with Crippen LogP contribution < -0.4 is 4.90 Å². The van der Waals surface area contributed by atoms with Crippen molar-refractivity contribution in [2.75, 3.05) is 4.90 Å². The van der Waals surface area contributed by atoms with Gasteiger partial charge in [-0.1, -0.05) is 153 Å². The number of rotatable bonds is 5. The minimum atomic E-state index is -0.498. The summed E-state index contributed by atoms with van der Waals surface area (Å²) in [7, 11) is 0. The molecule has 256 valence electrons. The molecule has 0 radical (unpaired) electrons. The molecular formula is C52H37NO. The Bertz CT molecular complexity index is 2880. The maximum atomic E-state index is 6.32. The van der Waals surface area contributed by atoms with Crippen LogP contribution in [0.1, 0.15) is 47.2 Å². The molecule has 9 aromatic rings. The average Bonchev–Trinajstić information content (AvgIpc) is 3.82. The highest BCUT2D eigenvalue weighted by Crippen LogP contribution is 2.58. The highest BCUT2D eigenvalue weighted by molar-refractivity contribution is 6.06. The van der Waals surface area contributed by atoms with Crippen molar-refractivity contribution < 1.29 is 4.42 Å². The monoisotopic (exact) mass is 691 g/mol. The Kier molecular flexibility index (Phi) is 6.55. The lowest BCUT2D eigenvalue weighted by Crippen LogP contribution is -2.28. The third-order valence-electron chi connectivity index (χ3n) is 12.1. The molecule has 0 amide bonds. The summed E-state index contributed by atoms with van der Waals surface area (Å²) in [5.74, 6) is 0. The SMILES string of the molecule is CC1(C)c2ccccc2-c2cc(N(c3ccc4c(c3)C(c3ccccc3)(c3ccccc3)c3ccccc3-4)c3ccc4oc5ccccc5c4c3)ccc21. The zero-order chi connectivity index (χ0) is 36.0. The van der Waals surface area contributed by atoms with E-state index in [1.54, 1.807) is 0 Å². The fourth-order valence-corrected chi connectivity index (χ4v) is 9.72. The van der Waals surface area contributed by atoms with Crippen molar-refractivity contribution >= 4 is 39.0 Å². The van der Waals surface area contributed by atoms with Gasteiger partial charge in [-0.3, -0.25) is 0 Å². The summed E-state index contributed by atoms with van der Waals surface area (Å²) in [5.41, 5.74) is 17.5. The van der Waals surface area contributed by atoms with Crippen LogP contribution in [0.25, 0.3) is 44.2 Å². The van der Waals surface area contributed by atoms with E-state index in [0.717, 1.165) is 39.0 Å². The number of hydrogen-bond acceptors (Lipinski definition) is 2. The van der Waals surface area contributed by atoms with Crippen molar-refractivity contribution in [2.24, 2.45) is 0 Å². The van der Waals surface area contributed by atoms with Crippen molar-refractivity contribution in [2.45, 2.75) is 24.7 Å². The lowest BCUT2D eigenvalue weighted by Gasteiger charge is -2.35. The first-order valence-electron chi connectivity index (χ1n) is 18.8. The number of para-hydroxylation sites is 1. The van der Waals surface area contributed by atoms with Gasteiger partial charge in [-0.25, -0.2) is 0 Å². The molecular weight excluding hydrogens is 655 g/mol. The van der Waals surface area contributed by atoms with Crippen molar-refractivity contribution in [3.05, 3.63) is 221 Å². The molecule has 2 aliphatic rings. The molecule has 0 aliphatic heterocycles. The van der Waals surface area contributed by atoms with E-state index in [0.29, 0.717) is 0 Å². The number of fused-ring (bicyclic) bond motifs is 9. The summed E-state index contributed by atoms with van der Waals surface area (Å²) in [4.78, 5) is 2.44. The molecule has 2 heteroatoms. The van der Waals surface area contributed by atoms with E-state index >= 15 is 0 Å². The van der Waals surface area contributed by atoms with Crippen LogP contribution in [0.15, 0.2) is 192 Å². The van der Waals surface area contributed by atoms with E-state index in [2.05, 4.69) is 201 Å². The molecule has 0 N–H and O–H groups in total. The number of nitrogens with zero attached hydrogens (tertiary/aromatic N) is 1. The Morgan fingerprint density at radius 1 is 0.370 bits per heavy atom. The molecule has 1 aromatic heterocycles. The summed E-state index contributed by atoms with van der Waals surface area (Å²) in [6.07, 6.45) is 0. The quantitative estimate of drug-likeness (QED) is 0.179. The van der Waals surface area contributed by atoms with E-state index in [9.17, 15) is 0 Å². The van der Waals surface area contributed by atoms with E-state index in [1.165, 1.54) is 55.6 Å². The van der Waals surface area contributed by atoms with Gasteiger partial charge in [-0.15, -0.1) is 0 Å². The zero-order valence-corrected chi connectivity index (χ0v) is 30.3. The van der Waals surface area contributed by atoms with Crippen molar-refractivity contribution in [3.63, 3.8) is 0 Å². The molecule has 0 unspecified atom stereocenters. The molecule has 2 nitrogen and oxygen atoms in total. The second-order valence-electron chi connectivity index (χ2n) is 15.3. The fraction of sp³-hybridized carbons (Fsp3) is 0.0769. The Balaban J connectivity index is 1.20. The summed E-state index contributed by atoms with van der Waals surface area (Å²) in [5, 5.41) is 2.23. The molecule has 0 spiro atoms. The van der Waals surface area contributed by atoms with E-state index in [1.807, 2.05) is 6.07 Å². The van der Waals surface area contributed by atoms with Gasteiger partial charge >= 0.3 is 0 Å². The number of hydrogen-bond donors (Lipinski definition) is 0. The van der Waals surface area contributed by atoms with Gasteiger partial charge in [0.05, 0.1) is 5.41 Å². The highest BCUT2D eigenvalue weighted by Gasteiger charge is 2.46. The molecule has 1 heterocycles. The minimum Gasteiger partial charge on any atom is -0.456 e. The van der Waals surface area contributed by atoms with Crippen LogP contribution in [0.5, 0.6) is 0 Å². The first-order chi connectivity index (χ1) is 26.5. The van der Waals surface area contributed by atoms with E-state index in [-0.39, 0.29) is 5.41 Å². The fourth-order valence-electron chi connectivity index (χ4n) is 9.72. The molecule has 8 aromatic carbocycles. The summed E-state index contributed by atoms with van der Waals surface area (Å²) >= 11 is 0. The van der Waals surface area contributed by atoms with Crippen LogP contribution in [0.4, 0.5) is 17.1 Å². The molecule has 2 aliphatic carbocycles. The molecule has 0 bridgehead atoms. The van der Waals surface area contributed by atoms with Gasteiger partial charge in [0.25, 0.3) is 0 Å². The van der Waals surface area contributed by atoms with Crippen molar-refractivity contribution in [1.29, 1.82) is 0 Å². The van der Waals surface area contributed by atoms with Gasteiger partial charge in [0.15, 0.2) is 0 Å². The minimum absolute atomic E-state index is 0.0752. The molecule has 54 heavy (non-hydrogen) atoms. The predicted octanol–water partition coefficient (Wildman–Crippen LogP) is 13.7. The lowest BCUT2D eigenvalue weighted by molar-refractivity contribution is 0.660. The largest absolute Gasteiger partial charge is 0.456 e. The molecule has 11 rings (SSSR count). The van der Waals surface area contributed by atoms with Crippen molar-refractivity contribution in [3.8, 4) is 22.3 Å². The zero-order valence-electron chi connectivity index (χ0n) is 30.3. The average molecular weight is 692 g/mol. The first-order valence-corrected chi connectivity index (χ1v) is 18.8. The molecule has 0 atom stereocenters. The van der Waals surface area contributed by atoms with Gasteiger partial charge in [-0.2, -0.15) is 0 Å². The van der Waals surface area contributed by atoms with Crippen LogP contribution in [-0.2, 0) is 10.8 Å². The number of anilines is 3. The van der Waals surface area contributed by atoms with Crippen molar-refractivity contribution in [1.82, 2.24) is 0 Å². The molecule has 0 saturated carbocycles. The Morgan fingerprint density at radius 3 is 1.65 bits per heavy atom. The van der Waals surface area contributed by atoms with Crippen LogP contribution in [0.3, 0.4) is 0 Å². The Hall–Kier alpha value is -6.64. The third kappa shape index (κ3) is 4.22. The molecule has 0 fully saturated rings. The summed E-state index contributed by atoms with van der Waals surface area (Å²) < 4.78 is 6.32. The number of benzene rings is 8. The predicted molar refractivity (Wildman–Crippen MR) is 223 cm³/mol. The Morgan fingerprint density at radius 2 is 0.889 bits per heavy atom. The summed E-state index contributed by atoms with van der Waals surface area (Å²) in [6, 6.07) is 69.1. The third-order valence-corrected chi connectivity index (χ3v) is 12.1. The van der Waals surface area contributed by atoms with Gasteiger partial charge < -0.3 is 9.32 Å². The van der Waals surface area contributed by atoms with Crippen LogP contribution >= 0.6 is 0 Å². The van der Waals surface area contributed by atoms with Crippen LogP contribution in [-0.4, -0.2) is 0 Å². The second kappa shape index (κ2) is 11.4. The van der Waals surface area contributed by atoms with Crippen LogP contribution in [0, 0.1) is 0 Å². The standard InChI is InChI=1S/C52H37NO/c1-51(2)45-22-12-9-20-40(45)43-31-36(26-29-46(43)51)53(37-27-30-50-44(32-37)42-21-11-14-24-49(42)54-50)38-25-28-41-39-19-10-13-23-47(39)52(48(41)33-38,34-15-5-3-6-16-34)35-17-7-4-8-18-35/h3-33H,1-2H3. The topological polar surface area (TPSA) is 16.4 Å². The maximum Gasteiger partial charge on any atom is 0.135 e.